The van der Waals surface area contributed by atoms with Gasteiger partial charge >= 0.3 is 5.69 Å². The van der Waals surface area contributed by atoms with Crippen LogP contribution in [0.15, 0.2) is 33.7 Å². The summed E-state index contributed by atoms with van der Waals surface area (Å²) in [5, 5.41) is 44.2. The first-order chi connectivity index (χ1) is 18.6. The molecule has 1 saturated carbocycles. The number of hydrogen-bond acceptors (Lipinski definition) is 11. The van der Waals surface area contributed by atoms with Crippen LogP contribution in [0.1, 0.15) is 38.3 Å². The fourth-order valence-corrected chi connectivity index (χ4v) is 5.17. The van der Waals surface area contributed by atoms with E-state index in [0.29, 0.717) is 12.5 Å². The van der Waals surface area contributed by atoms with E-state index in [-0.39, 0.29) is 5.76 Å². The number of primary amides is 1. The lowest BCUT2D eigenvalue weighted by atomic mass is 9.89. The summed E-state index contributed by atoms with van der Waals surface area (Å²) in [5.74, 6) is -3.00. The van der Waals surface area contributed by atoms with Crippen LogP contribution in [0.2, 0.25) is 0 Å². The predicted molar refractivity (Wildman–Crippen MR) is 130 cm³/mol. The van der Waals surface area contributed by atoms with Crippen LogP contribution in [-0.2, 0) is 23.8 Å². The molecule has 8 atom stereocenters. The minimum atomic E-state index is -1.77. The van der Waals surface area contributed by atoms with Crippen molar-refractivity contribution in [1.82, 2.24) is 14.9 Å². The Morgan fingerprint density at radius 1 is 1.18 bits per heavy atom. The Bertz CT molecular complexity index is 1180. The average molecular weight is 555 g/mol. The number of aliphatic hydroxyl groups excluding tert-OH is 4. The third kappa shape index (κ3) is 6.40. The van der Waals surface area contributed by atoms with Crippen molar-refractivity contribution in [3.8, 4) is 0 Å². The number of aromatic amines is 1. The highest BCUT2D eigenvalue weighted by Crippen LogP contribution is 2.36. The number of amides is 2. The molecular weight excluding hydrogens is 520 g/mol. The summed E-state index contributed by atoms with van der Waals surface area (Å²) < 4.78 is 17.6. The summed E-state index contributed by atoms with van der Waals surface area (Å²) in [6.07, 6.45) is -3.91. The maximum Gasteiger partial charge on any atom is 0.330 e. The van der Waals surface area contributed by atoms with Crippen molar-refractivity contribution in [3.05, 3.63) is 44.9 Å². The third-order valence-electron chi connectivity index (χ3n) is 7.34. The van der Waals surface area contributed by atoms with E-state index in [1.165, 1.54) is 0 Å². The summed E-state index contributed by atoms with van der Waals surface area (Å²) in [6.45, 7) is -0.315. The monoisotopic (exact) mass is 554 g/mol. The summed E-state index contributed by atoms with van der Waals surface area (Å²) in [5.41, 5.74) is 3.92. The van der Waals surface area contributed by atoms with Gasteiger partial charge in [-0.2, -0.15) is 0 Å². The van der Waals surface area contributed by atoms with Crippen LogP contribution in [0.4, 0.5) is 0 Å². The van der Waals surface area contributed by atoms with Gasteiger partial charge in [-0.25, -0.2) is 4.79 Å². The highest BCUT2D eigenvalue weighted by Gasteiger charge is 2.51. The summed E-state index contributed by atoms with van der Waals surface area (Å²) in [6, 6.07) is 1.02. The number of nitrogens with one attached hydrogen (secondary N) is 2. The zero-order chi connectivity index (χ0) is 28.3. The number of aromatic nitrogens is 2. The third-order valence-corrected chi connectivity index (χ3v) is 7.34. The number of aliphatic hydroxyl groups is 4. The molecule has 8 N–H and O–H groups in total. The summed E-state index contributed by atoms with van der Waals surface area (Å²) >= 11 is 0. The van der Waals surface area contributed by atoms with E-state index in [4.69, 9.17) is 19.9 Å². The summed E-state index contributed by atoms with van der Waals surface area (Å²) in [4.78, 5) is 50.8. The van der Waals surface area contributed by atoms with Crippen LogP contribution >= 0.6 is 0 Å². The molecule has 2 fully saturated rings. The quantitative estimate of drug-likeness (QED) is 0.162. The Morgan fingerprint density at radius 3 is 2.54 bits per heavy atom. The number of nitrogens with two attached hydrogens (primary N) is 1. The molecule has 1 aliphatic carbocycles. The maximum absolute atomic E-state index is 12.7. The molecule has 15 nitrogen and oxygen atoms in total. The van der Waals surface area contributed by atoms with Gasteiger partial charge in [0, 0.05) is 24.7 Å². The van der Waals surface area contributed by atoms with E-state index < -0.39 is 78.6 Å². The summed E-state index contributed by atoms with van der Waals surface area (Å²) in [7, 11) is 0. The highest BCUT2D eigenvalue weighted by atomic mass is 16.7. The van der Waals surface area contributed by atoms with Gasteiger partial charge in [0.15, 0.2) is 18.1 Å². The van der Waals surface area contributed by atoms with E-state index in [9.17, 15) is 39.6 Å². The Labute approximate surface area is 222 Å². The van der Waals surface area contributed by atoms with Crippen molar-refractivity contribution in [2.45, 2.75) is 75.1 Å². The largest absolute Gasteiger partial charge is 0.456 e. The van der Waals surface area contributed by atoms with Gasteiger partial charge in [-0.1, -0.05) is 19.3 Å². The van der Waals surface area contributed by atoms with E-state index >= 15 is 0 Å². The molecule has 0 radical (unpaired) electrons. The highest BCUT2D eigenvalue weighted by molar-refractivity contribution is 5.91. The molecule has 0 spiro atoms. The molecule has 0 aromatic carbocycles. The minimum Gasteiger partial charge on any atom is -0.456 e. The molecule has 0 bridgehead atoms. The number of carbonyl (C=O) groups is 2. The molecule has 3 aliphatic rings. The molecule has 15 heteroatoms. The zero-order valence-corrected chi connectivity index (χ0v) is 21.0. The second kappa shape index (κ2) is 12.4. The number of nitrogens with zero attached hydrogens (tertiary/aromatic N) is 1. The lowest BCUT2D eigenvalue weighted by Gasteiger charge is -2.35. The van der Waals surface area contributed by atoms with Gasteiger partial charge in [-0.15, -0.1) is 0 Å². The number of H-pyrrole nitrogens is 1. The normalized spacial score (nSPS) is 32.2. The molecule has 1 saturated heterocycles. The van der Waals surface area contributed by atoms with Crippen molar-refractivity contribution < 1.29 is 44.2 Å². The first-order valence-electron chi connectivity index (χ1n) is 12.8. The molecule has 0 unspecified atom stereocenters. The Morgan fingerprint density at radius 2 is 1.90 bits per heavy atom. The minimum absolute atomic E-state index is 0.318. The smallest absolute Gasteiger partial charge is 0.330 e. The van der Waals surface area contributed by atoms with Crippen LogP contribution in [0.5, 0.6) is 0 Å². The van der Waals surface area contributed by atoms with Gasteiger partial charge < -0.3 is 45.7 Å². The van der Waals surface area contributed by atoms with Gasteiger partial charge in [0.25, 0.3) is 11.5 Å². The van der Waals surface area contributed by atoms with E-state index in [2.05, 4.69) is 5.32 Å². The van der Waals surface area contributed by atoms with Crippen LogP contribution < -0.4 is 22.3 Å². The first-order valence-corrected chi connectivity index (χ1v) is 12.8. The lowest BCUT2D eigenvalue weighted by Crippen LogP contribution is -2.53. The Hall–Kier alpha value is -3.08. The van der Waals surface area contributed by atoms with Crippen molar-refractivity contribution in [1.29, 1.82) is 0 Å². The number of rotatable bonds is 9. The number of carbonyl (C=O) groups excluding carboxylic acids is 2. The van der Waals surface area contributed by atoms with E-state index in [0.717, 1.165) is 55.0 Å². The van der Waals surface area contributed by atoms with Gasteiger partial charge in [0.2, 0.25) is 12.2 Å². The number of ether oxygens (including phenoxy) is 3. The van der Waals surface area contributed by atoms with Gasteiger partial charge in [-0.05, 0) is 24.8 Å². The lowest BCUT2D eigenvalue weighted by molar-refractivity contribution is -0.239. The molecule has 2 amide bonds. The average Bonchev–Trinajstić information content (AvgIpc) is 3.23. The van der Waals surface area contributed by atoms with Crippen LogP contribution in [0.25, 0.3) is 0 Å². The molecule has 1 aromatic rings. The molecular formula is C24H34N4O11. The molecule has 2 aliphatic heterocycles. The standard InChI is InChI=1S/C24H34N4O11/c25-20(34)19(18-12(10-29)16(32)22(38-18)28-7-6-15(31)27-24(28)36)39-23-17(33)13(30)8-14(37-23)21(35)26-9-11-4-2-1-3-5-11/h6-8,11-13,16-19,22-23,29-30,32-33H,1-5,9-10H2,(H2,25,34)(H,26,35)(H,27,31,36)/t12-,13-,16+,17-,18-,19+,22+,23+/m0/s1. The van der Waals surface area contributed by atoms with Crippen LogP contribution in [0.3, 0.4) is 0 Å². The first kappa shape index (κ1) is 28.9. The van der Waals surface area contributed by atoms with Crippen LogP contribution in [-0.4, -0.2) is 91.8 Å². The zero-order valence-electron chi connectivity index (χ0n) is 21.0. The van der Waals surface area contributed by atoms with Crippen molar-refractivity contribution in [2.75, 3.05) is 13.2 Å². The van der Waals surface area contributed by atoms with Gasteiger partial charge in [0.1, 0.15) is 24.4 Å². The Kier molecular flexibility index (Phi) is 9.19. The van der Waals surface area contributed by atoms with Crippen molar-refractivity contribution in [2.24, 2.45) is 17.6 Å². The topological polar surface area (TPSA) is 236 Å². The van der Waals surface area contributed by atoms with E-state index in [1.807, 2.05) is 4.98 Å². The predicted octanol–water partition coefficient (Wildman–Crippen LogP) is -3.07. The SMILES string of the molecule is NC(=O)[C@H](O[C@H]1OC(C(=O)NCC2CCCCC2)=C[C@H](O)[C@@H]1O)[C@H]1O[C@@H](n2ccc(=O)[nH]c2=O)[C@H](O)[C@@H]1CO. The van der Waals surface area contributed by atoms with Crippen molar-refractivity contribution >= 4 is 11.8 Å². The second-order valence-electron chi connectivity index (χ2n) is 10.0. The number of hydrogen-bond donors (Lipinski definition) is 7. The Balaban J connectivity index is 1.49. The molecule has 216 valence electrons. The molecule has 3 heterocycles. The van der Waals surface area contributed by atoms with Crippen molar-refractivity contribution in [3.63, 3.8) is 0 Å². The fourth-order valence-electron chi connectivity index (χ4n) is 5.17. The maximum atomic E-state index is 12.7. The molecule has 1 aromatic heterocycles. The van der Waals surface area contributed by atoms with Gasteiger partial charge in [-0.3, -0.25) is 23.9 Å². The molecule has 39 heavy (non-hydrogen) atoms. The fraction of sp³-hybridized carbons (Fsp3) is 0.667. The second-order valence-corrected chi connectivity index (χ2v) is 10.0. The van der Waals surface area contributed by atoms with Crippen LogP contribution in [0, 0.1) is 11.8 Å². The van der Waals surface area contributed by atoms with Gasteiger partial charge in [0.05, 0.1) is 6.61 Å². The molecule has 4 rings (SSSR count). The van der Waals surface area contributed by atoms with E-state index in [1.54, 1.807) is 0 Å².